The minimum Gasteiger partial charge on any atom is -0.393 e. The Morgan fingerprint density at radius 1 is 1.03 bits per heavy atom. The summed E-state index contributed by atoms with van der Waals surface area (Å²) in [5, 5.41) is 23.2. The summed E-state index contributed by atoms with van der Waals surface area (Å²) in [6, 6.07) is 15.3. The van der Waals surface area contributed by atoms with E-state index >= 15 is 0 Å². The van der Waals surface area contributed by atoms with Crippen molar-refractivity contribution in [2.75, 3.05) is 26.2 Å². The second-order valence-corrected chi connectivity index (χ2v) is 10.2. The van der Waals surface area contributed by atoms with E-state index in [1.807, 2.05) is 0 Å². The topological polar surface area (TPSA) is 62.5 Å². The summed E-state index contributed by atoms with van der Waals surface area (Å²) in [7, 11) is 0. The van der Waals surface area contributed by atoms with Gasteiger partial charge in [0.1, 0.15) is 0 Å². The lowest BCUT2D eigenvalue weighted by Gasteiger charge is -2.59. The first kappa shape index (κ1) is 20.5. The van der Waals surface area contributed by atoms with Gasteiger partial charge in [0.05, 0.1) is 24.1 Å². The number of benzene rings is 1. The summed E-state index contributed by atoms with van der Waals surface area (Å²) in [5.41, 5.74) is 1.55. The van der Waals surface area contributed by atoms with Gasteiger partial charge in [-0.3, -0.25) is 9.80 Å². The Bertz CT molecular complexity index is 740. The summed E-state index contributed by atoms with van der Waals surface area (Å²) in [4.78, 5) is 5.21. The molecule has 2 N–H and O–H groups in total. The number of aliphatic hydroxyl groups excluding tert-OH is 1. The molecule has 5 rings (SSSR count). The molecule has 2 saturated heterocycles. The molecule has 2 aliphatic heterocycles. The van der Waals surface area contributed by atoms with Crippen LogP contribution in [0.5, 0.6) is 0 Å². The maximum atomic E-state index is 9.79. The summed E-state index contributed by atoms with van der Waals surface area (Å²) < 4.78 is 0. The number of nitriles is 1. The molecule has 2 heterocycles. The van der Waals surface area contributed by atoms with E-state index in [1.165, 1.54) is 24.8 Å². The minimum absolute atomic E-state index is 0.0714. The van der Waals surface area contributed by atoms with Crippen LogP contribution in [-0.2, 0) is 0 Å². The van der Waals surface area contributed by atoms with Crippen molar-refractivity contribution >= 4 is 0 Å². The normalized spacial score (nSPS) is 34.8. The van der Waals surface area contributed by atoms with E-state index in [2.05, 4.69) is 51.5 Å². The van der Waals surface area contributed by atoms with Crippen LogP contribution in [0.4, 0.5) is 0 Å². The van der Waals surface area contributed by atoms with Crippen LogP contribution in [0.15, 0.2) is 30.3 Å². The minimum atomic E-state index is -0.0918. The Kier molecular flexibility index (Phi) is 5.86. The molecule has 2 atom stereocenters. The van der Waals surface area contributed by atoms with Crippen LogP contribution in [0, 0.1) is 11.3 Å². The van der Waals surface area contributed by atoms with E-state index < -0.39 is 0 Å². The van der Waals surface area contributed by atoms with E-state index in [1.54, 1.807) is 0 Å². The van der Waals surface area contributed by atoms with Gasteiger partial charge in [0.25, 0.3) is 0 Å². The summed E-state index contributed by atoms with van der Waals surface area (Å²) >= 11 is 0. The van der Waals surface area contributed by atoms with Crippen molar-refractivity contribution in [2.45, 2.75) is 87.1 Å². The average Bonchev–Trinajstić information content (AvgIpc) is 3.52. The molecule has 2 aliphatic carbocycles. The van der Waals surface area contributed by atoms with Crippen LogP contribution in [0.3, 0.4) is 0 Å². The maximum Gasteiger partial charge on any atom is 0.0642 e. The van der Waals surface area contributed by atoms with Crippen LogP contribution in [0.1, 0.15) is 62.8 Å². The number of hydrogen-bond acceptors (Lipinski definition) is 5. The van der Waals surface area contributed by atoms with Crippen molar-refractivity contribution in [1.29, 1.82) is 5.26 Å². The van der Waals surface area contributed by atoms with E-state index in [9.17, 15) is 10.4 Å². The van der Waals surface area contributed by atoms with Crippen molar-refractivity contribution < 1.29 is 5.11 Å². The second-order valence-electron chi connectivity index (χ2n) is 10.2. The molecule has 5 nitrogen and oxygen atoms in total. The number of likely N-dealkylation sites (tertiary alicyclic amines) is 2. The quantitative estimate of drug-likeness (QED) is 0.758. The van der Waals surface area contributed by atoms with E-state index in [0.29, 0.717) is 30.5 Å². The Morgan fingerprint density at radius 3 is 2.40 bits per heavy atom. The van der Waals surface area contributed by atoms with Gasteiger partial charge in [-0.05, 0) is 50.5 Å². The number of nitrogens with zero attached hydrogens (tertiary/aromatic N) is 3. The van der Waals surface area contributed by atoms with Gasteiger partial charge in [0.2, 0.25) is 0 Å². The molecule has 0 bridgehead atoms. The monoisotopic (exact) mass is 408 g/mol. The van der Waals surface area contributed by atoms with Crippen molar-refractivity contribution in [3.8, 4) is 6.07 Å². The zero-order chi connectivity index (χ0) is 20.6. The average molecular weight is 409 g/mol. The predicted octanol–water partition coefficient (Wildman–Crippen LogP) is 2.87. The van der Waals surface area contributed by atoms with Gasteiger partial charge in [0, 0.05) is 50.2 Å². The third kappa shape index (κ3) is 4.16. The van der Waals surface area contributed by atoms with Crippen LogP contribution in [-0.4, -0.2) is 70.9 Å². The Labute approximate surface area is 181 Å². The van der Waals surface area contributed by atoms with E-state index in [0.717, 1.165) is 51.9 Å². The molecule has 2 saturated carbocycles. The van der Waals surface area contributed by atoms with Gasteiger partial charge in [-0.1, -0.05) is 30.3 Å². The first-order valence-electron chi connectivity index (χ1n) is 12.0. The smallest absolute Gasteiger partial charge is 0.0642 e. The Morgan fingerprint density at radius 2 is 1.73 bits per heavy atom. The lowest BCUT2D eigenvalue weighted by atomic mass is 9.79. The third-order valence-electron chi connectivity index (χ3n) is 8.22. The SMILES string of the molecule is N#CCC1(N2CCC(N[C@@H]3C[C@H]3c3ccccc3)CC2)CN([C@H]2CC[C@@H](O)CC2)C1. The standard InChI is InChI=1S/C25H36N4O/c26-13-12-25(17-28(18-25)21-6-8-22(30)9-7-21)29-14-10-20(11-15-29)27-24-16-23(24)19-4-2-1-3-5-19/h1-5,20-24,27,30H,6-12,14-18H2/t21-,22+,23-,24+/m0/s1. The predicted molar refractivity (Wildman–Crippen MR) is 118 cm³/mol. The molecular formula is C25H36N4O. The van der Waals surface area contributed by atoms with Crippen LogP contribution in [0.25, 0.3) is 0 Å². The molecule has 0 radical (unpaired) electrons. The first-order chi connectivity index (χ1) is 14.7. The molecule has 162 valence electrons. The zero-order valence-corrected chi connectivity index (χ0v) is 18.0. The summed E-state index contributed by atoms with van der Waals surface area (Å²) in [6.07, 6.45) is 8.32. The molecule has 4 aliphatic rings. The summed E-state index contributed by atoms with van der Waals surface area (Å²) in [5.74, 6) is 0.698. The van der Waals surface area contributed by atoms with E-state index in [-0.39, 0.29) is 11.6 Å². The van der Waals surface area contributed by atoms with Crippen LogP contribution < -0.4 is 5.32 Å². The highest BCUT2D eigenvalue weighted by molar-refractivity contribution is 5.27. The molecule has 0 aromatic heterocycles. The molecular weight excluding hydrogens is 372 g/mol. The highest BCUT2D eigenvalue weighted by Gasteiger charge is 2.50. The fourth-order valence-corrected chi connectivity index (χ4v) is 6.23. The highest BCUT2D eigenvalue weighted by atomic mass is 16.3. The molecule has 5 heteroatoms. The van der Waals surface area contributed by atoms with Gasteiger partial charge in [-0.25, -0.2) is 0 Å². The Hall–Kier alpha value is -1.45. The molecule has 30 heavy (non-hydrogen) atoms. The lowest BCUT2D eigenvalue weighted by Crippen LogP contribution is -2.73. The van der Waals surface area contributed by atoms with Gasteiger partial charge in [-0.2, -0.15) is 5.26 Å². The number of nitrogens with one attached hydrogen (secondary N) is 1. The molecule has 4 fully saturated rings. The lowest BCUT2D eigenvalue weighted by molar-refractivity contribution is -0.0921. The Balaban J connectivity index is 1.10. The number of rotatable bonds is 6. The number of aliphatic hydroxyl groups is 1. The number of piperidine rings is 1. The largest absolute Gasteiger partial charge is 0.393 e. The first-order valence-corrected chi connectivity index (χ1v) is 12.0. The fraction of sp³-hybridized carbons (Fsp3) is 0.720. The molecule has 0 spiro atoms. The third-order valence-corrected chi connectivity index (χ3v) is 8.22. The van der Waals surface area contributed by atoms with Crippen molar-refractivity contribution in [2.24, 2.45) is 0 Å². The second kappa shape index (κ2) is 8.59. The van der Waals surface area contributed by atoms with Gasteiger partial charge in [0.15, 0.2) is 0 Å². The molecule has 0 unspecified atom stereocenters. The van der Waals surface area contributed by atoms with Crippen molar-refractivity contribution in [3.63, 3.8) is 0 Å². The maximum absolute atomic E-state index is 9.79. The summed E-state index contributed by atoms with van der Waals surface area (Å²) in [6.45, 7) is 4.30. The fourth-order valence-electron chi connectivity index (χ4n) is 6.23. The van der Waals surface area contributed by atoms with Crippen LogP contribution >= 0.6 is 0 Å². The zero-order valence-electron chi connectivity index (χ0n) is 18.0. The number of hydrogen-bond donors (Lipinski definition) is 2. The van der Waals surface area contributed by atoms with Crippen molar-refractivity contribution in [3.05, 3.63) is 35.9 Å². The van der Waals surface area contributed by atoms with Gasteiger partial charge in [-0.15, -0.1) is 0 Å². The van der Waals surface area contributed by atoms with Crippen LogP contribution in [0.2, 0.25) is 0 Å². The van der Waals surface area contributed by atoms with Crippen molar-refractivity contribution in [1.82, 2.24) is 15.1 Å². The van der Waals surface area contributed by atoms with E-state index in [4.69, 9.17) is 0 Å². The molecule has 1 aromatic rings. The van der Waals surface area contributed by atoms with Gasteiger partial charge >= 0.3 is 0 Å². The molecule has 1 aromatic carbocycles. The van der Waals surface area contributed by atoms with Gasteiger partial charge < -0.3 is 10.4 Å². The highest BCUT2D eigenvalue weighted by Crippen LogP contribution is 2.42. The molecule has 0 amide bonds.